The average Bonchev–Trinajstić information content (AvgIpc) is 2.36. The molecule has 0 aromatic heterocycles. The molecule has 11 heavy (non-hydrogen) atoms. The predicted octanol–water partition coefficient (Wildman–Crippen LogP) is -0.0992. The second kappa shape index (κ2) is 2.48. The third-order valence-electron chi connectivity index (χ3n) is 2.11. The first kappa shape index (κ1) is 7.09. The van der Waals surface area contributed by atoms with Crippen molar-refractivity contribution in [2.75, 3.05) is 6.79 Å². The number of ether oxygens (including phenoxy) is 2. The van der Waals surface area contributed by atoms with Crippen LogP contribution < -0.4 is 5.73 Å². The molecule has 0 radical (unpaired) electrons. The Morgan fingerprint density at radius 3 is 3.18 bits per heavy atom. The van der Waals surface area contributed by atoms with Crippen LogP contribution in [0.2, 0.25) is 0 Å². The zero-order chi connectivity index (χ0) is 7.84. The van der Waals surface area contributed by atoms with E-state index in [0.717, 1.165) is 0 Å². The molecule has 4 nitrogen and oxygen atoms in total. The van der Waals surface area contributed by atoms with Crippen LogP contribution in [0.5, 0.6) is 0 Å². The quantitative estimate of drug-likeness (QED) is 0.515. The van der Waals surface area contributed by atoms with Crippen LogP contribution >= 0.6 is 0 Å². The second-order valence-electron chi connectivity index (χ2n) is 2.89. The highest BCUT2D eigenvalue weighted by Gasteiger charge is 2.34. The van der Waals surface area contributed by atoms with Gasteiger partial charge in [0.2, 0.25) is 0 Å². The van der Waals surface area contributed by atoms with E-state index in [0.29, 0.717) is 13.2 Å². The lowest BCUT2D eigenvalue weighted by Gasteiger charge is -2.23. The summed E-state index contributed by atoms with van der Waals surface area (Å²) in [6.07, 6.45) is 2.23. The maximum Gasteiger partial charge on any atom is 0.148 e. The van der Waals surface area contributed by atoms with Gasteiger partial charge in [0.05, 0.1) is 12.1 Å². The van der Waals surface area contributed by atoms with Crippen LogP contribution in [0.1, 0.15) is 6.42 Å². The van der Waals surface area contributed by atoms with Crippen molar-refractivity contribution >= 4 is 0 Å². The van der Waals surface area contributed by atoms with Crippen molar-refractivity contribution in [3.05, 3.63) is 11.8 Å². The Balaban J connectivity index is 2.16. The topological polar surface area (TPSA) is 64.7 Å². The van der Waals surface area contributed by atoms with Crippen molar-refractivity contribution in [1.82, 2.24) is 0 Å². The minimum absolute atomic E-state index is 0.0425. The van der Waals surface area contributed by atoms with E-state index in [-0.39, 0.29) is 24.0 Å². The van der Waals surface area contributed by atoms with Crippen LogP contribution in [0, 0.1) is 0 Å². The summed E-state index contributed by atoms with van der Waals surface area (Å²) >= 11 is 0. The molecule has 2 aliphatic rings. The fourth-order valence-electron chi connectivity index (χ4n) is 1.43. The van der Waals surface area contributed by atoms with E-state index in [2.05, 4.69) is 0 Å². The molecule has 2 rings (SSSR count). The monoisotopic (exact) mass is 157 g/mol. The van der Waals surface area contributed by atoms with Gasteiger partial charge in [0.25, 0.3) is 0 Å². The van der Waals surface area contributed by atoms with E-state index in [1.807, 2.05) is 0 Å². The molecule has 1 heterocycles. The highest BCUT2D eigenvalue weighted by Crippen LogP contribution is 2.25. The van der Waals surface area contributed by atoms with Gasteiger partial charge < -0.3 is 20.3 Å². The summed E-state index contributed by atoms with van der Waals surface area (Å²) < 4.78 is 10.4. The molecule has 0 saturated carbocycles. The molecule has 1 saturated heterocycles. The van der Waals surface area contributed by atoms with Gasteiger partial charge in [-0.2, -0.15) is 0 Å². The van der Waals surface area contributed by atoms with E-state index in [1.165, 1.54) is 0 Å². The Bertz CT molecular complexity index is 192. The number of aliphatic hydroxyl groups excluding tert-OH is 1. The minimum Gasteiger partial charge on any atom is -0.511 e. The largest absolute Gasteiger partial charge is 0.511 e. The second-order valence-corrected chi connectivity index (χ2v) is 2.89. The van der Waals surface area contributed by atoms with Gasteiger partial charge in [0, 0.05) is 0 Å². The number of hydrogen-bond acceptors (Lipinski definition) is 4. The molecule has 0 amide bonds. The van der Waals surface area contributed by atoms with Crippen molar-refractivity contribution < 1.29 is 14.6 Å². The molecule has 3 N–H and O–H groups in total. The molecule has 1 fully saturated rings. The summed E-state index contributed by atoms with van der Waals surface area (Å²) in [7, 11) is 0. The highest BCUT2D eigenvalue weighted by atomic mass is 16.7. The SMILES string of the molecule is NC1CC2OCOC2C=C1O. The van der Waals surface area contributed by atoms with Gasteiger partial charge in [-0.05, 0) is 12.5 Å². The molecule has 4 heteroatoms. The molecule has 62 valence electrons. The third-order valence-corrected chi connectivity index (χ3v) is 2.11. The first-order valence-corrected chi connectivity index (χ1v) is 3.67. The molecule has 3 unspecified atom stereocenters. The standard InChI is InChI=1S/C7H11NO3/c8-4-1-6-7(2-5(4)9)11-3-10-6/h2,4,6-7,9H,1,3,8H2. The number of hydrogen-bond donors (Lipinski definition) is 2. The number of rotatable bonds is 0. The van der Waals surface area contributed by atoms with E-state index in [4.69, 9.17) is 15.2 Å². The molecular formula is C7H11NO3. The van der Waals surface area contributed by atoms with Crippen molar-refractivity contribution in [3.63, 3.8) is 0 Å². The van der Waals surface area contributed by atoms with Gasteiger partial charge in [-0.3, -0.25) is 0 Å². The number of aliphatic hydroxyl groups is 1. The summed E-state index contributed by atoms with van der Waals surface area (Å²) in [5, 5.41) is 9.23. The molecule has 0 aromatic rings. The van der Waals surface area contributed by atoms with Gasteiger partial charge in [0.1, 0.15) is 18.7 Å². The smallest absolute Gasteiger partial charge is 0.148 e. The lowest BCUT2D eigenvalue weighted by Crippen LogP contribution is -2.37. The number of nitrogens with two attached hydrogens (primary N) is 1. The zero-order valence-electron chi connectivity index (χ0n) is 6.06. The number of fused-ring (bicyclic) bond motifs is 1. The molecule has 0 bridgehead atoms. The summed E-state index contributed by atoms with van der Waals surface area (Å²) in [5.74, 6) is 0.219. The average molecular weight is 157 g/mol. The van der Waals surface area contributed by atoms with E-state index in [9.17, 15) is 5.11 Å². The molecule has 0 spiro atoms. The van der Waals surface area contributed by atoms with Crippen molar-refractivity contribution in [1.29, 1.82) is 0 Å². The summed E-state index contributed by atoms with van der Waals surface area (Å²) in [4.78, 5) is 0. The van der Waals surface area contributed by atoms with Gasteiger partial charge >= 0.3 is 0 Å². The van der Waals surface area contributed by atoms with E-state index >= 15 is 0 Å². The van der Waals surface area contributed by atoms with Gasteiger partial charge in [-0.1, -0.05) is 0 Å². The molecule has 0 aromatic carbocycles. The Labute approximate surface area is 64.6 Å². The summed E-state index contributed by atoms with van der Waals surface area (Å²) in [6, 6.07) is -0.280. The maximum absolute atomic E-state index is 9.23. The minimum atomic E-state index is -0.280. The van der Waals surface area contributed by atoms with Crippen LogP contribution in [-0.2, 0) is 9.47 Å². The van der Waals surface area contributed by atoms with E-state index < -0.39 is 0 Å². The van der Waals surface area contributed by atoms with Gasteiger partial charge in [-0.15, -0.1) is 0 Å². The van der Waals surface area contributed by atoms with Crippen LogP contribution in [0.25, 0.3) is 0 Å². The lowest BCUT2D eigenvalue weighted by molar-refractivity contribution is 0.0414. The van der Waals surface area contributed by atoms with E-state index in [1.54, 1.807) is 6.08 Å². The van der Waals surface area contributed by atoms with Gasteiger partial charge in [0.15, 0.2) is 0 Å². The van der Waals surface area contributed by atoms with Crippen LogP contribution in [0.15, 0.2) is 11.8 Å². The maximum atomic E-state index is 9.23. The van der Waals surface area contributed by atoms with Gasteiger partial charge in [-0.25, -0.2) is 0 Å². The Kier molecular flexibility index (Phi) is 1.60. The Morgan fingerprint density at radius 2 is 2.36 bits per heavy atom. The molecule has 3 atom stereocenters. The predicted molar refractivity (Wildman–Crippen MR) is 37.9 cm³/mol. The lowest BCUT2D eigenvalue weighted by atomic mass is 9.97. The first-order valence-electron chi connectivity index (χ1n) is 3.67. The highest BCUT2D eigenvalue weighted by molar-refractivity contribution is 5.12. The normalized spacial score (nSPS) is 43.4. The fourth-order valence-corrected chi connectivity index (χ4v) is 1.43. The molecular weight excluding hydrogens is 146 g/mol. The van der Waals surface area contributed by atoms with Crippen molar-refractivity contribution in [3.8, 4) is 0 Å². The fraction of sp³-hybridized carbons (Fsp3) is 0.714. The van der Waals surface area contributed by atoms with Crippen LogP contribution in [0.4, 0.5) is 0 Å². The Hall–Kier alpha value is -0.580. The van der Waals surface area contributed by atoms with Crippen LogP contribution in [0.3, 0.4) is 0 Å². The summed E-state index contributed by atoms with van der Waals surface area (Å²) in [6.45, 7) is 0.311. The van der Waals surface area contributed by atoms with Crippen molar-refractivity contribution in [2.45, 2.75) is 24.7 Å². The van der Waals surface area contributed by atoms with Crippen LogP contribution in [-0.4, -0.2) is 30.1 Å². The zero-order valence-corrected chi connectivity index (χ0v) is 6.06. The molecule has 1 aliphatic heterocycles. The third kappa shape index (κ3) is 1.13. The summed E-state index contributed by atoms with van der Waals surface area (Å²) in [5.41, 5.74) is 5.58. The Morgan fingerprint density at radius 1 is 1.55 bits per heavy atom. The van der Waals surface area contributed by atoms with Crippen molar-refractivity contribution in [2.24, 2.45) is 5.73 Å². The first-order chi connectivity index (χ1) is 5.27. The molecule has 1 aliphatic carbocycles.